The van der Waals surface area contributed by atoms with Crippen molar-refractivity contribution < 1.29 is 19.8 Å². The maximum Gasteiger partial charge on any atom is 0.330 e. The number of carbonyl (C=O) groups is 2. The zero-order valence-electron chi connectivity index (χ0n) is 22.2. The molecular weight excluding hydrogens is 424 g/mol. The summed E-state index contributed by atoms with van der Waals surface area (Å²) in [7, 11) is 0. The number of carboxylic acid groups (broad SMARTS) is 1. The van der Waals surface area contributed by atoms with Crippen LogP contribution >= 0.6 is 0 Å². The fourth-order valence-corrected chi connectivity index (χ4v) is 11.0. The average molecular weight is 471 g/mol. The number of rotatable bonds is 5. The Kier molecular flexibility index (Phi) is 5.36. The van der Waals surface area contributed by atoms with Crippen molar-refractivity contribution in [2.75, 3.05) is 0 Å². The maximum atomic E-state index is 12.8. The molecule has 4 nitrogen and oxygen atoms in total. The van der Waals surface area contributed by atoms with Crippen molar-refractivity contribution in [3.8, 4) is 0 Å². The van der Waals surface area contributed by atoms with Crippen molar-refractivity contribution in [3.63, 3.8) is 0 Å². The summed E-state index contributed by atoms with van der Waals surface area (Å²) in [5.41, 5.74) is 0.949. The lowest BCUT2D eigenvalue weighted by Crippen LogP contribution is -2.59. The van der Waals surface area contributed by atoms with E-state index in [0.717, 1.165) is 44.9 Å². The molecule has 0 radical (unpaired) electrons. The molecule has 0 aromatic carbocycles. The highest BCUT2D eigenvalue weighted by molar-refractivity contribution is 5.86. The van der Waals surface area contributed by atoms with Gasteiger partial charge in [0, 0.05) is 22.8 Å². The summed E-state index contributed by atoms with van der Waals surface area (Å²) in [4.78, 5) is 24.0. The molecule has 5 aliphatic carbocycles. The first-order chi connectivity index (χ1) is 15.8. The van der Waals surface area contributed by atoms with Gasteiger partial charge in [-0.3, -0.25) is 4.79 Å². The number of allylic oxidation sites excluding steroid dienone is 1. The van der Waals surface area contributed by atoms with Crippen LogP contribution in [-0.2, 0) is 9.59 Å². The second kappa shape index (κ2) is 7.43. The van der Waals surface area contributed by atoms with Crippen LogP contribution in [0.15, 0.2) is 11.6 Å². The SMILES string of the molecule is C/C(=C\CC[C@@H](C)[C@H]1C[C@@H](O)[C@@]2(C)[C@@H]3CC[C@H]4C(C)(C)C(=O)CC[C@@]45C[C@@]35CC[C@]12C)C(=O)O. The van der Waals surface area contributed by atoms with Crippen molar-refractivity contribution in [1.29, 1.82) is 0 Å². The third-order valence-corrected chi connectivity index (χ3v) is 13.1. The van der Waals surface area contributed by atoms with Crippen LogP contribution in [0, 0.1) is 50.7 Å². The number of carboxylic acids is 1. The molecule has 0 aromatic heterocycles. The van der Waals surface area contributed by atoms with E-state index < -0.39 is 5.97 Å². The number of hydrogen-bond acceptors (Lipinski definition) is 3. The summed E-state index contributed by atoms with van der Waals surface area (Å²) < 4.78 is 0. The van der Waals surface area contributed by atoms with Crippen LogP contribution in [0.2, 0.25) is 0 Å². The van der Waals surface area contributed by atoms with Crippen LogP contribution in [0.4, 0.5) is 0 Å². The Balaban J connectivity index is 1.41. The number of Topliss-reactive ketones (excluding diaryl/α,β-unsaturated/α-hetero) is 1. The predicted octanol–water partition coefficient (Wildman–Crippen LogP) is 6.41. The van der Waals surface area contributed by atoms with Gasteiger partial charge in [-0.1, -0.05) is 40.7 Å². The molecule has 9 atom stereocenters. The molecule has 0 bridgehead atoms. The first-order valence-electron chi connectivity index (χ1n) is 13.9. The van der Waals surface area contributed by atoms with Crippen molar-refractivity contribution in [3.05, 3.63) is 11.6 Å². The number of fused-ring (bicyclic) bond motifs is 2. The molecule has 0 aliphatic heterocycles. The Morgan fingerprint density at radius 3 is 2.41 bits per heavy atom. The lowest BCUT2D eigenvalue weighted by Gasteiger charge is -2.63. The lowest BCUT2D eigenvalue weighted by atomic mass is 9.41. The van der Waals surface area contributed by atoms with Crippen molar-refractivity contribution in [2.24, 2.45) is 50.7 Å². The molecule has 190 valence electrons. The highest BCUT2D eigenvalue weighted by atomic mass is 16.4. The van der Waals surface area contributed by atoms with Crippen molar-refractivity contribution in [1.82, 2.24) is 0 Å². The Bertz CT molecular complexity index is 934. The monoisotopic (exact) mass is 470 g/mol. The number of carbonyl (C=O) groups excluding carboxylic acids is 1. The van der Waals surface area contributed by atoms with E-state index in [1.165, 1.54) is 19.3 Å². The van der Waals surface area contributed by atoms with Crippen LogP contribution in [0.3, 0.4) is 0 Å². The fraction of sp³-hybridized carbons (Fsp3) is 0.867. The summed E-state index contributed by atoms with van der Waals surface area (Å²) in [6.07, 6.45) is 12.1. The molecule has 2 spiro atoms. The summed E-state index contributed by atoms with van der Waals surface area (Å²) in [6.45, 7) is 13.3. The number of aliphatic carboxylic acids is 1. The molecule has 2 N–H and O–H groups in total. The normalized spacial score (nSPS) is 50.0. The number of ketones is 1. The molecule has 0 amide bonds. The second-order valence-corrected chi connectivity index (χ2v) is 14.1. The van der Waals surface area contributed by atoms with Gasteiger partial charge in [0.25, 0.3) is 0 Å². The summed E-state index contributed by atoms with van der Waals surface area (Å²) >= 11 is 0. The van der Waals surface area contributed by atoms with Crippen LogP contribution in [0.1, 0.15) is 106 Å². The predicted molar refractivity (Wildman–Crippen MR) is 133 cm³/mol. The van der Waals surface area contributed by atoms with Gasteiger partial charge >= 0.3 is 5.97 Å². The third-order valence-electron chi connectivity index (χ3n) is 13.1. The quantitative estimate of drug-likeness (QED) is 0.455. The van der Waals surface area contributed by atoms with Gasteiger partial charge in [-0.05, 0) is 105 Å². The molecule has 5 saturated carbocycles. The highest BCUT2D eigenvalue weighted by Crippen LogP contribution is 2.88. The Morgan fingerprint density at radius 1 is 1.09 bits per heavy atom. The standard InChI is InChI=1S/C30H46O4/c1-18(8-7-9-19(2)25(33)34)20-16-24(32)28(6)22-11-10-21-26(3,4)23(31)12-13-29(21)17-30(22,29)15-14-27(20,28)5/h9,18,20-22,24,32H,7-8,10-17H2,1-6H3,(H,33,34)/b19-9+/t18-,20-,21+,22+,24-,27-,28-,29-,30+/m1/s1. The van der Waals surface area contributed by atoms with E-state index >= 15 is 0 Å². The molecule has 0 saturated heterocycles. The van der Waals surface area contributed by atoms with Gasteiger partial charge in [-0.2, -0.15) is 0 Å². The third kappa shape index (κ3) is 2.81. The van der Waals surface area contributed by atoms with Crippen LogP contribution in [0.5, 0.6) is 0 Å². The lowest BCUT2D eigenvalue weighted by molar-refractivity contribution is -0.173. The van der Waals surface area contributed by atoms with Gasteiger partial charge < -0.3 is 10.2 Å². The fourth-order valence-electron chi connectivity index (χ4n) is 11.0. The van der Waals surface area contributed by atoms with Gasteiger partial charge in [-0.15, -0.1) is 0 Å². The van der Waals surface area contributed by atoms with Gasteiger partial charge in [0.15, 0.2) is 0 Å². The second-order valence-electron chi connectivity index (χ2n) is 14.1. The molecule has 0 unspecified atom stereocenters. The van der Waals surface area contributed by atoms with E-state index in [4.69, 9.17) is 5.11 Å². The van der Waals surface area contributed by atoms with Gasteiger partial charge in [0.1, 0.15) is 5.78 Å². The summed E-state index contributed by atoms with van der Waals surface area (Å²) in [6, 6.07) is 0. The van der Waals surface area contributed by atoms with E-state index in [2.05, 4.69) is 34.6 Å². The molecular formula is C30H46O4. The number of aliphatic hydroxyl groups excluding tert-OH is 1. The zero-order valence-corrected chi connectivity index (χ0v) is 22.2. The average Bonchev–Trinajstić information content (AvgIpc) is 3.39. The zero-order chi connectivity index (χ0) is 24.9. The van der Waals surface area contributed by atoms with Crippen molar-refractivity contribution >= 4 is 11.8 Å². The highest BCUT2D eigenvalue weighted by Gasteiger charge is 2.83. The first kappa shape index (κ1) is 24.5. The van der Waals surface area contributed by atoms with E-state index in [1.54, 1.807) is 6.92 Å². The molecule has 5 fully saturated rings. The Labute approximate surface area is 206 Å². The van der Waals surface area contributed by atoms with E-state index in [1.807, 2.05) is 6.08 Å². The summed E-state index contributed by atoms with van der Waals surface area (Å²) in [5.74, 6) is 1.65. The minimum Gasteiger partial charge on any atom is -0.478 e. The van der Waals surface area contributed by atoms with Gasteiger partial charge in [0.2, 0.25) is 0 Å². The molecule has 4 heteroatoms. The van der Waals surface area contributed by atoms with Crippen LogP contribution in [0.25, 0.3) is 0 Å². The maximum absolute atomic E-state index is 12.8. The van der Waals surface area contributed by atoms with Crippen molar-refractivity contribution in [2.45, 2.75) is 112 Å². The summed E-state index contributed by atoms with van der Waals surface area (Å²) in [5, 5.41) is 20.9. The van der Waals surface area contributed by atoms with Gasteiger partial charge in [0.05, 0.1) is 6.10 Å². The first-order valence-corrected chi connectivity index (χ1v) is 13.9. The van der Waals surface area contributed by atoms with E-state index in [0.29, 0.717) is 45.9 Å². The Hall–Kier alpha value is -1.16. The minimum absolute atomic E-state index is 0.0724. The smallest absolute Gasteiger partial charge is 0.330 e. The molecule has 5 rings (SSSR count). The molecule has 34 heavy (non-hydrogen) atoms. The van der Waals surface area contributed by atoms with Crippen LogP contribution in [-0.4, -0.2) is 28.1 Å². The van der Waals surface area contributed by atoms with E-state index in [9.17, 15) is 14.7 Å². The topological polar surface area (TPSA) is 74.6 Å². The van der Waals surface area contributed by atoms with E-state index in [-0.39, 0.29) is 22.3 Å². The minimum atomic E-state index is -0.831. The number of hydrogen-bond donors (Lipinski definition) is 2. The van der Waals surface area contributed by atoms with Gasteiger partial charge in [-0.25, -0.2) is 4.79 Å². The van der Waals surface area contributed by atoms with Crippen LogP contribution < -0.4 is 0 Å². The largest absolute Gasteiger partial charge is 0.478 e. The Morgan fingerprint density at radius 2 is 1.74 bits per heavy atom. The number of aliphatic hydroxyl groups is 1. The molecule has 5 aliphatic rings. The molecule has 0 aromatic rings. The molecule has 0 heterocycles.